The summed E-state index contributed by atoms with van der Waals surface area (Å²) in [6.45, 7) is 4.25. The zero-order chi connectivity index (χ0) is 26.6. The van der Waals surface area contributed by atoms with Crippen molar-refractivity contribution >= 4 is 46.0 Å². The summed E-state index contributed by atoms with van der Waals surface area (Å²) in [5, 5.41) is 12.2. The molecule has 4 aliphatic heterocycles. The summed E-state index contributed by atoms with van der Waals surface area (Å²) in [6.07, 6.45) is 8.58. The molecule has 0 aliphatic carbocycles. The fourth-order valence-electron chi connectivity index (χ4n) is 6.60. The van der Waals surface area contributed by atoms with Gasteiger partial charge in [-0.2, -0.15) is 0 Å². The summed E-state index contributed by atoms with van der Waals surface area (Å²) >= 11 is 1.52. The summed E-state index contributed by atoms with van der Waals surface area (Å²) in [5.41, 5.74) is 0.754. The standard InChI is InChI=1S/C30H32N2O5S/c1-18(2)22(17-33)32-26-28(35)31(21-12-11-19-8-3-4-9-20(19)16-21)14-7-13-30(26)25(27(32)34)24-23(38-30)10-5-6-15-37-29(24)36/h3-5,7-13,16,18,22-26,33H,6,14-15,17H2,1-2H3/t22-,23-,24+,25-,26?,30-/m0/s1. The maximum absolute atomic E-state index is 14.6. The minimum Gasteiger partial charge on any atom is -0.465 e. The van der Waals surface area contributed by atoms with Gasteiger partial charge in [-0.15, -0.1) is 11.8 Å². The lowest BCUT2D eigenvalue weighted by Crippen LogP contribution is -2.57. The van der Waals surface area contributed by atoms with Crippen LogP contribution in [-0.2, 0) is 19.1 Å². The molecule has 4 aliphatic rings. The number of ether oxygens (including phenoxy) is 1. The number of nitrogens with zero attached hydrogens (tertiary/aromatic N) is 2. The van der Waals surface area contributed by atoms with Crippen LogP contribution in [0.2, 0.25) is 0 Å². The molecule has 6 rings (SSSR count). The molecule has 38 heavy (non-hydrogen) atoms. The number of carbonyl (C=O) groups is 3. The zero-order valence-corrected chi connectivity index (χ0v) is 22.3. The number of hydrogen-bond donors (Lipinski definition) is 1. The first kappa shape index (κ1) is 25.2. The topological polar surface area (TPSA) is 87.2 Å². The molecule has 2 saturated heterocycles. The molecule has 2 amide bonds. The predicted molar refractivity (Wildman–Crippen MR) is 148 cm³/mol. The van der Waals surface area contributed by atoms with Crippen molar-refractivity contribution in [2.75, 3.05) is 24.7 Å². The predicted octanol–water partition coefficient (Wildman–Crippen LogP) is 3.56. The number of aliphatic hydroxyl groups is 1. The zero-order valence-electron chi connectivity index (χ0n) is 21.5. The molecule has 2 aromatic carbocycles. The molecule has 1 N–H and O–H groups in total. The number of hydrogen-bond acceptors (Lipinski definition) is 6. The molecule has 1 unspecified atom stereocenters. The molecule has 2 fully saturated rings. The van der Waals surface area contributed by atoms with E-state index in [1.165, 1.54) is 11.8 Å². The van der Waals surface area contributed by atoms with Crippen molar-refractivity contribution in [2.24, 2.45) is 17.8 Å². The number of benzene rings is 2. The highest BCUT2D eigenvalue weighted by Crippen LogP contribution is 2.61. The molecule has 2 aromatic rings. The van der Waals surface area contributed by atoms with Crippen molar-refractivity contribution in [3.63, 3.8) is 0 Å². The number of thioether (sulfide) groups is 1. The highest BCUT2D eigenvalue weighted by molar-refractivity contribution is 8.02. The number of cyclic esters (lactones) is 1. The summed E-state index contributed by atoms with van der Waals surface area (Å²) in [5.74, 6) is -2.36. The normalized spacial score (nSPS) is 31.5. The van der Waals surface area contributed by atoms with Gasteiger partial charge < -0.3 is 19.6 Å². The van der Waals surface area contributed by atoms with Gasteiger partial charge in [0.15, 0.2) is 0 Å². The molecular formula is C30H32N2O5S. The Balaban J connectivity index is 1.49. The van der Waals surface area contributed by atoms with Crippen LogP contribution in [-0.4, -0.2) is 69.6 Å². The van der Waals surface area contributed by atoms with E-state index < -0.39 is 28.7 Å². The maximum atomic E-state index is 14.6. The van der Waals surface area contributed by atoms with Crippen LogP contribution in [0, 0.1) is 17.8 Å². The second kappa shape index (κ2) is 9.58. The first-order valence-electron chi connectivity index (χ1n) is 13.3. The van der Waals surface area contributed by atoms with Crippen molar-refractivity contribution in [3.8, 4) is 0 Å². The Morgan fingerprint density at radius 3 is 2.63 bits per heavy atom. The van der Waals surface area contributed by atoms with E-state index in [0.717, 1.165) is 16.5 Å². The number of amides is 2. The number of likely N-dealkylation sites (tertiary alicyclic amines) is 1. The Bertz CT molecular complexity index is 1360. The summed E-state index contributed by atoms with van der Waals surface area (Å²) in [4.78, 5) is 45.5. The number of anilines is 1. The van der Waals surface area contributed by atoms with E-state index in [0.29, 0.717) is 13.0 Å². The second-order valence-corrected chi connectivity index (χ2v) is 12.3. The number of aliphatic hydroxyl groups excluding tert-OH is 1. The third-order valence-corrected chi connectivity index (χ3v) is 10.2. The van der Waals surface area contributed by atoms with E-state index >= 15 is 0 Å². The monoisotopic (exact) mass is 532 g/mol. The van der Waals surface area contributed by atoms with Gasteiger partial charge in [0.2, 0.25) is 5.91 Å². The molecule has 4 heterocycles. The Morgan fingerprint density at radius 2 is 1.87 bits per heavy atom. The third kappa shape index (κ3) is 3.72. The average Bonchev–Trinajstić information content (AvgIpc) is 3.27. The number of fused-ring (bicyclic) bond motifs is 3. The van der Waals surface area contributed by atoms with Gasteiger partial charge in [-0.25, -0.2) is 0 Å². The Morgan fingerprint density at radius 1 is 1.08 bits per heavy atom. The summed E-state index contributed by atoms with van der Waals surface area (Å²) < 4.78 is 4.61. The fraction of sp³-hybridized carbons (Fsp3) is 0.433. The van der Waals surface area contributed by atoms with Gasteiger partial charge in [-0.1, -0.05) is 68.5 Å². The van der Waals surface area contributed by atoms with Gasteiger partial charge in [0.05, 0.1) is 35.8 Å². The molecule has 0 saturated carbocycles. The summed E-state index contributed by atoms with van der Waals surface area (Å²) in [7, 11) is 0. The molecule has 0 radical (unpaired) electrons. The number of rotatable bonds is 4. The van der Waals surface area contributed by atoms with Gasteiger partial charge in [0, 0.05) is 17.5 Å². The van der Waals surface area contributed by atoms with Crippen molar-refractivity contribution in [1.82, 2.24) is 4.90 Å². The molecule has 8 heteroatoms. The van der Waals surface area contributed by atoms with Crippen LogP contribution in [0.1, 0.15) is 20.3 Å². The smallest absolute Gasteiger partial charge is 0.311 e. The van der Waals surface area contributed by atoms with Crippen molar-refractivity contribution < 1.29 is 24.2 Å². The Kier molecular flexibility index (Phi) is 6.35. The molecule has 0 aromatic heterocycles. The maximum Gasteiger partial charge on any atom is 0.311 e. The largest absolute Gasteiger partial charge is 0.465 e. The van der Waals surface area contributed by atoms with Gasteiger partial charge in [0.1, 0.15) is 6.04 Å². The van der Waals surface area contributed by atoms with Crippen LogP contribution in [0.3, 0.4) is 0 Å². The van der Waals surface area contributed by atoms with Crippen LogP contribution < -0.4 is 4.90 Å². The van der Waals surface area contributed by atoms with Gasteiger partial charge >= 0.3 is 5.97 Å². The van der Waals surface area contributed by atoms with E-state index in [9.17, 15) is 19.5 Å². The highest BCUT2D eigenvalue weighted by Gasteiger charge is 2.72. The van der Waals surface area contributed by atoms with E-state index in [1.807, 2.05) is 80.6 Å². The molecule has 1 spiro atoms. The van der Waals surface area contributed by atoms with Gasteiger partial charge in [-0.3, -0.25) is 14.4 Å². The van der Waals surface area contributed by atoms with E-state index in [2.05, 4.69) is 0 Å². The minimum atomic E-state index is -0.939. The average molecular weight is 533 g/mol. The lowest BCUT2D eigenvalue weighted by atomic mass is 9.78. The number of esters is 1. The minimum absolute atomic E-state index is 0.0843. The number of carbonyl (C=O) groups excluding carboxylic acids is 3. The lowest BCUT2D eigenvalue weighted by Gasteiger charge is -2.39. The van der Waals surface area contributed by atoms with Crippen LogP contribution in [0.25, 0.3) is 10.8 Å². The SMILES string of the molecule is CC(C)[C@H](CO)N1C(=O)[C@@H]2[C@@H]3C(=O)OCCC=C[C@@H]3S[C@@]23C=CCN(c2ccc4ccccc4c2)C(=O)C13. The van der Waals surface area contributed by atoms with Crippen LogP contribution in [0.5, 0.6) is 0 Å². The van der Waals surface area contributed by atoms with Crippen molar-refractivity contribution in [3.05, 3.63) is 66.8 Å². The van der Waals surface area contributed by atoms with Crippen LogP contribution >= 0.6 is 11.8 Å². The molecule has 198 valence electrons. The molecular weight excluding hydrogens is 500 g/mol. The van der Waals surface area contributed by atoms with Gasteiger partial charge in [-0.05, 0) is 35.2 Å². The fourth-order valence-corrected chi connectivity index (χ4v) is 8.59. The van der Waals surface area contributed by atoms with E-state index in [-0.39, 0.29) is 42.2 Å². The second-order valence-electron chi connectivity index (χ2n) is 10.8. The Hall–Kier alpha value is -3.10. The van der Waals surface area contributed by atoms with Crippen molar-refractivity contribution in [2.45, 2.75) is 42.3 Å². The molecule has 6 atom stereocenters. The lowest BCUT2D eigenvalue weighted by molar-refractivity contribution is -0.153. The first-order valence-corrected chi connectivity index (χ1v) is 14.2. The van der Waals surface area contributed by atoms with E-state index in [1.54, 1.807) is 9.80 Å². The first-order chi connectivity index (χ1) is 18.4. The highest BCUT2D eigenvalue weighted by atomic mass is 32.2. The third-order valence-electron chi connectivity index (χ3n) is 8.42. The van der Waals surface area contributed by atoms with Gasteiger partial charge in [0.25, 0.3) is 5.91 Å². The quantitative estimate of drug-likeness (QED) is 0.479. The Labute approximate surface area is 226 Å². The van der Waals surface area contributed by atoms with Crippen molar-refractivity contribution in [1.29, 1.82) is 0 Å². The van der Waals surface area contributed by atoms with Crippen LogP contribution in [0.4, 0.5) is 5.69 Å². The van der Waals surface area contributed by atoms with E-state index in [4.69, 9.17) is 4.74 Å². The molecule has 0 bridgehead atoms. The summed E-state index contributed by atoms with van der Waals surface area (Å²) in [6, 6.07) is 12.5. The van der Waals surface area contributed by atoms with Crippen LogP contribution in [0.15, 0.2) is 66.8 Å². The molecule has 7 nitrogen and oxygen atoms in total.